The lowest BCUT2D eigenvalue weighted by Crippen LogP contribution is -2.13. The largest absolute Gasteiger partial charge is 0.394 e. The van der Waals surface area contributed by atoms with E-state index in [1.54, 1.807) is 0 Å². The normalized spacial score (nSPS) is 13.1. The van der Waals surface area contributed by atoms with Gasteiger partial charge in [0.25, 0.3) is 0 Å². The molecule has 0 amide bonds. The molecule has 2 N–H and O–H groups in total. The zero-order valence-electron chi connectivity index (χ0n) is 10.3. The maximum atomic E-state index is 9.10. The molecule has 0 unspecified atom stereocenters. The number of aryl methyl sites for hydroxylation is 2. The van der Waals surface area contributed by atoms with Gasteiger partial charge in [0, 0.05) is 12.2 Å². The van der Waals surface area contributed by atoms with Crippen LogP contribution in [0.3, 0.4) is 0 Å². The zero-order valence-corrected chi connectivity index (χ0v) is 10.3. The van der Waals surface area contributed by atoms with Crippen molar-refractivity contribution in [3.63, 3.8) is 0 Å². The van der Waals surface area contributed by atoms with Crippen molar-refractivity contribution in [3.05, 3.63) is 22.9 Å². The van der Waals surface area contributed by atoms with Crippen LogP contribution in [-0.2, 0) is 17.6 Å². The zero-order chi connectivity index (χ0) is 12.8. The first-order chi connectivity index (χ1) is 8.85. The number of nitriles is 1. The van der Waals surface area contributed by atoms with Crippen molar-refractivity contribution < 1.29 is 9.84 Å². The smallest absolute Gasteiger partial charge is 0.144 e. The Labute approximate surface area is 106 Å². The Balaban J connectivity index is 1.97. The summed E-state index contributed by atoms with van der Waals surface area (Å²) in [4.78, 5) is 4.50. The van der Waals surface area contributed by atoms with Gasteiger partial charge in [-0.1, -0.05) is 0 Å². The van der Waals surface area contributed by atoms with Gasteiger partial charge in [-0.15, -0.1) is 0 Å². The van der Waals surface area contributed by atoms with Crippen LogP contribution in [0.15, 0.2) is 6.07 Å². The molecule has 0 fully saturated rings. The number of rotatable bonds is 6. The molecule has 1 aromatic heterocycles. The molecule has 0 atom stereocenters. The summed E-state index contributed by atoms with van der Waals surface area (Å²) in [5, 5.41) is 20.8. The van der Waals surface area contributed by atoms with E-state index in [-0.39, 0.29) is 6.61 Å². The molecular weight excluding hydrogens is 230 g/mol. The number of nitrogens with zero attached hydrogens (tertiary/aromatic N) is 2. The predicted molar refractivity (Wildman–Crippen MR) is 67.4 cm³/mol. The number of aliphatic hydroxyl groups is 1. The maximum Gasteiger partial charge on any atom is 0.144 e. The third-order valence-electron chi connectivity index (χ3n) is 2.95. The number of aromatic nitrogens is 1. The van der Waals surface area contributed by atoms with Crippen LogP contribution in [0, 0.1) is 11.3 Å². The minimum Gasteiger partial charge on any atom is -0.394 e. The Morgan fingerprint density at radius 2 is 2.33 bits per heavy atom. The van der Waals surface area contributed by atoms with Crippen LogP contribution in [0.25, 0.3) is 0 Å². The third kappa shape index (κ3) is 2.97. The number of pyridine rings is 1. The Kier molecular flexibility index (Phi) is 4.51. The summed E-state index contributed by atoms with van der Waals surface area (Å²) < 4.78 is 5.15. The highest BCUT2D eigenvalue weighted by Crippen LogP contribution is 2.24. The monoisotopic (exact) mass is 247 g/mol. The van der Waals surface area contributed by atoms with Gasteiger partial charge in [0.15, 0.2) is 0 Å². The number of hydrogen-bond acceptors (Lipinski definition) is 5. The fraction of sp³-hybridized carbons (Fsp3) is 0.538. The summed E-state index contributed by atoms with van der Waals surface area (Å²) in [7, 11) is 0. The van der Waals surface area contributed by atoms with E-state index in [2.05, 4.69) is 16.4 Å². The van der Waals surface area contributed by atoms with Crippen LogP contribution >= 0.6 is 0 Å². The topological polar surface area (TPSA) is 78.2 Å². The molecule has 1 aromatic rings. The highest BCUT2D eigenvalue weighted by Gasteiger charge is 2.15. The van der Waals surface area contributed by atoms with Crippen molar-refractivity contribution in [2.75, 3.05) is 31.7 Å². The number of ether oxygens (including phenoxy) is 1. The lowest BCUT2D eigenvalue weighted by Gasteiger charge is -2.09. The number of nitrogens with one attached hydrogen (secondary N) is 1. The van der Waals surface area contributed by atoms with E-state index in [1.807, 2.05) is 6.07 Å². The van der Waals surface area contributed by atoms with E-state index in [0.717, 1.165) is 25.0 Å². The van der Waals surface area contributed by atoms with E-state index in [0.29, 0.717) is 31.1 Å². The molecule has 0 saturated carbocycles. The van der Waals surface area contributed by atoms with Gasteiger partial charge in [0.2, 0.25) is 0 Å². The summed E-state index contributed by atoms with van der Waals surface area (Å²) in [5.74, 6) is 0.644. The van der Waals surface area contributed by atoms with Crippen LogP contribution < -0.4 is 5.32 Å². The van der Waals surface area contributed by atoms with Crippen molar-refractivity contribution >= 4 is 5.82 Å². The molecule has 0 spiro atoms. The first-order valence-corrected chi connectivity index (χ1v) is 6.20. The third-order valence-corrected chi connectivity index (χ3v) is 2.95. The van der Waals surface area contributed by atoms with Crippen LogP contribution in [0.5, 0.6) is 0 Å². The van der Waals surface area contributed by atoms with Gasteiger partial charge in [-0.2, -0.15) is 5.26 Å². The highest BCUT2D eigenvalue weighted by atomic mass is 16.5. The SMILES string of the molecule is N#Cc1cc2c(nc1NCCOCCO)CCC2. The minimum absolute atomic E-state index is 0.0283. The lowest BCUT2D eigenvalue weighted by atomic mass is 10.1. The number of aliphatic hydroxyl groups excluding tert-OH is 1. The number of hydrogen-bond donors (Lipinski definition) is 2. The quantitative estimate of drug-likeness (QED) is 0.729. The fourth-order valence-corrected chi connectivity index (χ4v) is 2.10. The van der Waals surface area contributed by atoms with E-state index < -0.39 is 0 Å². The Morgan fingerprint density at radius 3 is 3.11 bits per heavy atom. The van der Waals surface area contributed by atoms with Crippen LogP contribution in [-0.4, -0.2) is 36.5 Å². The minimum atomic E-state index is 0.0283. The van der Waals surface area contributed by atoms with Crippen LogP contribution in [0.2, 0.25) is 0 Å². The molecular formula is C13H17N3O2. The average molecular weight is 247 g/mol. The molecule has 0 bridgehead atoms. The standard InChI is InChI=1S/C13H17N3O2/c14-9-11-8-10-2-1-3-12(10)16-13(11)15-4-6-18-7-5-17/h8,17H,1-7H2,(H,15,16). The molecule has 0 aliphatic heterocycles. The lowest BCUT2D eigenvalue weighted by molar-refractivity contribution is 0.0992. The predicted octanol–water partition coefficient (Wildman–Crippen LogP) is 0.863. The van der Waals surface area contributed by atoms with E-state index in [9.17, 15) is 0 Å². The van der Waals surface area contributed by atoms with E-state index in [1.165, 1.54) is 5.56 Å². The summed E-state index contributed by atoms with van der Waals surface area (Å²) in [5.41, 5.74) is 2.90. The second kappa shape index (κ2) is 6.34. The van der Waals surface area contributed by atoms with E-state index in [4.69, 9.17) is 15.1 Å². The molecule has 5 heteroatoms. The van der Waals surface area contributed by atoms with Gasteiger partial charge < -0.3 is 15.2 Å². The van der Waals surface area contributed by atoms with Crippen LogP contribution in [0.4, 0.5) is 5.82 Å². The second-order valence-corrected chi connectivity index (χ2v) is 4.22. The van der Waals surface area contributed by atoms with Crippen molar-refractivity contribution in [1.29, 1.82) is 5.26 Å². The first kappa shape index (κ1) is 12.8. The summed E-state index contributed by atoms with van der Waals surface area (Å²) in [6.07, 6.45) is 3.14. The molecule has 0 radical (unpaired) electrons. The van der Waals surface area contributed by atoms with Gasteiger partial charge in [-0.25, -0.2) is 4.98 Å². The highest BCUT2D eigenvalue weighted by molar-refractivity contribution is 5.55. The van der Waals surface area contributed by atoms with Gasteiger partial charge in [-0.05, 0) is 30.9 Å². The maximum absolute atomic E-state index is 9.10. The van der Waals surface area contributed by atoms with Crippen molar-refractivity contribution in [2.45, 2.75) is 19.3 Å². The number of fused-ring (bicyclic) bond motifs is 1. The molecule has 96 valence electrons. The Bertz CT molecular complexity index is 454. The van der Waals surface area contributed by atoms with Gasteiger partial charge in [0.05, 0.1) is 25.4 Å². The molecule has 1 aliphatic carbocycles. The van der Waals surface area contributed by atoms with Gasteiger partial charge in [0.1, 0.15) is 11.9 Å². The van der Waals surface area contributed by atoms with Crippen molar-refractivity contribution in [2.24, 2.45) is 0 Å². The van der Waals surface area contributed by atoms with Gasteiger partial charge in [-0.3, -0.25) is 0 Å². The molecule has 1 aliphatic rings. The van der Waals surface area contributed by atoms with Gasteiger partial charge >= 0.3 is 0 Å². The van der Waals surface area contributed by atoms with E-state index >= 15 is 0 Å². The van der Waals surface area contributed by atoms with Crippen molar-refractivity contribution in [1.82, 2.24) is 4.98 Å². The number of anilines is 1. The molecule has 18 heavy (non-hydrogen) atoms. The summed E-state index contributed by atoms with van der Waals surface area (Å²) >= 11 is 0. The second-order valence-electron chi connectivity index (χ2n) is 4.22. The fourth-order valence-electron chi connectivity index (χ4n) is 2.10. The Morgan fingerprint density at radius 1 is 1.44 bits per heavy atom. The molecule has 5 nitrogen and oxygen atoms in total. The average Bonchev–Trinajstić information content (AvgIpc) is 2.84. The van der Waals surface area contributed by atoms with Crippen molar-refractivity contribution in [3.8, 4) is 6.07 Å². The first-order valence-electron chi connectivity index (χ1n) is 6.20. The molecule has 2 rings (SSSR count). The molecule has 1 heterocycles. The summed E-state index contributed by atoms with van der Waals surface area (Å²) in [6.45, 7) is 1.44. The molecule has 0 saturated heterocycles. The summed E-state index contributed by atoms with van der Waals surface area (Å²) in [6, 6.07) is 4.11. The Hall–Kier alpha value is -1.64. The molecule has 0 aromatic carbocycles. The van der Waals surface area contributed by atoms with Crippen LogP contribution in [0.1, 0.15) is 23.2 Å².